The zero-order valence-electron chi connectivity index (χ0n) is 10.9. The number of hydrogen-bond acceptors (Lipinski definition) is 4. The minimum atomic E-state index is -0.00352. The number of alkyl halides is 1. The van der Waals surface area contributed by atoms with Crippen molar-refractivity contribution in [3.63, 3.8) is 0 Å². The van der Waals surface area contributed by atoms with Gasteiger partial charge in [0.2, 0.25) is 5.91 Å². The maximum absolute atomic E-state index is 11.5. The van der Waals surface area contributed by atoms with Crippen molar-refractivity contribution < 1.29 is 9.53 Å². The van der Waals surface area contributed by atoms with Gasteiger partial charge >= 0.3 is 0 Å². The lowest BCUT2D eigenvalue weighted by atomic mass is 10.2. The van der Waals surface area contributed by atoms with Crippen molar-refractivity contribution in [2.75, 3.05) is 49.8 Å². The number of anilines is 2. The molecule has 1 aliphatic heterocycles. The first-order valence-electron chi connectivity index (χ1n) is 6.18. The summed E-state index contributed by atoms with van der Waals surface area (Å²) in [7, 11) is 1.60. The van der Waals surface area contributed by atoms with Crippen molar-refractivity contribution in [2.45, 2.75) is 0 Å². The first-order valence-corrected chi connectivity index (χ1v) is 6.71. The van der Waals surface area contributed by atoms with E-state index >= 15 is 0 Å². The van der Waals surface area contributed by atoms with E-state index in [1.807, 2.05) is 18.2 Å². The highest BCUT2D eigenvalue weighted by atomic mass is 35.5. The van der Waals surface area contributed by atoms with Crippen LogP contribution in [0.3, 0.4) is 0 Å². The molecule has 19 heavy (non-hydrogen) atoms. The third-order valence-corrected chi connectivity index (χ3v) is 3.56. The maximum atomic E-state index is 11.5. The van der Waals surface area contributed by atoms with Crippen LogP contribution >= 0.6 is 11.6 Å². The van der Waals surface area contributed by atoms with Gasteiger partial charge in [-0.15, -0.1) is 11.6 Å². The lowest BCUT2D eigenvalue weighted by Gasteiger charge is -2.36. The van der Waals surface area contributed by atoms with Crippen molar-refractivity contribution in [1.29, 1.82) is 0 Å². The molecule has 0 saturated carbocycles. The van der Waals surface area contributed by atoms with Crippen LogP contribution in [0.25, 0.3) is 0 Å². The molecular formula is C13H18ClN3O2. The number of nitrogen functional groups attached to an aromatic ring is 1. The van der Waals surface area contributed by atoms with Crippen molar-refractivity contribution in [3.8, 4) is 5.75 Å². The summed E-state index contributed by atoms with van der Waals surface area (Å²) in [6.07, 6.45) is 0. The van der Waals surface area contributed by atoms with E-state index in [1.54, 1.807) is 12.0 Å². The molecule has 104 valence electrons. The van der Waals surface area contributed by atoms with Gasteiger partial charge in [0.25, 0.3) is 0 Å². The summed E-state index contributed by atoms with van der Waals surface area (Å²) in [5, 5.41) is 0. The molecule has 1 aliphatic rings. The van der Waals surface area contributed by atoms with Gasteiger partial charge in [0.1, 0.15) is 11.6 Å². The molecule has 2 rings (SSSR count). The van der Waals surface area contributed by atoms with Gasteiger partial charge in [-0.1, -0.05) is 0 Å². The number of carbonyl (C=O) groups excluding carboxylic acids is 1. The molecule has 1 heterocycles. The second-order valence-electron chi connectivity index (χ2n) is 4.43. The summed E-state index contributed by atoms with van der Waals surface area (Å²) in [5.74, 6) is 0.725. The molecule has 1 saturated heterocycles. The topological polar surface area (TPSA) is 58.8 Å². The first-order chi connectivity index (χ1) is 9.15. The van der Waals surface area contributed by atoms with E-state index < -0.39 is 0 Å². The molecule has 0 atom stereocenters. The zero-order chi connectivity index (χ0) is 13.8. The van der Waals surface area contributed by atoms with Crippen LogP contribution in [0.2, 0.25) is 0 Å². The molecule has 0 aromatic heterocycles. The van der Waals surface area contributed by atoms with Crippen LogP contribution in [0.4, 0.5) is 11.4 Å². The Kier molecular flexibility index (Phi) is 4.37. The smallest absolute Gasteiger partial charge is 0.237 e. The Morgan fingerprint density at radius 2 is 2.05 bits per heavy atom. The summed E-state index contributed by atoms with van der Waals surface area (Å²) in [6, 6.07) is 5.73. The number of piperazine rings is 1. The number of halogens is 1. The van der Waals surface area contributed by atoms with E-state index in [1.165, 1.54) is 0 Å². The van der Waals surface area contributed by atoms with E-state index in [2.05, 4.69) is 4.90 Å². The highest BCUT2D eigenvalue weighted by Crippen LogP contribution is 2.27. The zero-order valence-corrected chi connectivity index (χ0v) is 11.7. The van der Waals surface area contributed by atoms with E-state index in [0.717, 1.165) is 18.8 Å². The van der Waals surface area contributed by atoms with Crippen LogP contribution in [0.1, 0.15) is 0 Å². The molecule has 1 amide bonds. The molecule has 0 bridgehead atoms. The van der Waals surface area contributed by atoms with Gasteiger partial charge < -0.3 is 20.3 Å². The molecule has 1 aromatic rings. The molecule has 0 radical (unpaired) electrons. The van der Waals surface area contributed by atoms with Crippen LogP contribution in [-0.4, -0.2) is 50.0 Å². The number of nitrogens with zero attached hydrogens (tertiary/aromatic N) is 2. The number of methoxy groups -OCH3 is 1. The summed E-state index contributed by atoms with van der Waals surface area (Å²) >= 11 is 5.56. The number of nitrogens with two attached hydrogens (primary N) is 1. The summed E-state index contributed by atoms with van der Waals surface area (Å²) in [4.78, 5) is 15.5. The lowest BCUT2D eigenvalue weighted by Crippen LogP contribution is -2.49. The molecule has 2 N–H and O–H groups in total. The second kappa shape index (κ2) is 6.02. The first kappa shape index (κ1) is 13.8. The quantitative estimate of drug-likeness (QED) is 0.668. The second-order valence-corrected chi connectivity index (χ2v) is 4.69. The maximum Gasteiger partial charge on any atom is 0.237 e. The molecular weight excluding hydrogens is 266 g/mol. The molecule has 0 spiro atoms. The fourth-order valence-corrected chi connectivity index (χ4v) is 2.36. The van der Waals surface area contributed by atoms with Crippen LogP contribution < -0.4 is 15.4 Å². The monoisotopic (exact) mass is 283 g/mol. The molecule has 6 heteroatoms. The SMILES string of the molecule is COc1cc(N2CCN(C(=O)CCl)CC2)ccc1N. The Hall–Kier alpha value is -1.62. The van der Waals surface area contributed by atoms with Crippen molar-refractivity contribution in [3.05, 3.63) is 18.2 Å². The third-order valence-electron chi connectivity index (χ3n) is 3.33. The fourth-order valence-electron chi connectivity index (χ4n) is 2.20. The Morgan fingerprint density at radius 3 is 2.63 bits per heavy atom. The Morgan fingerprint density at radius 1 is 1.37 bits per heavy atom. The Balaban J connectivity index is 2.03. The highest BCUT2D eigenvalue weighted by Gasteiger charge is 2.20. The van der Waals surface area contributed by atoms with Crippen molar-refractivity contribution in [1.82, 2.24) is 4.90 Å². The van der Waals surface area contributed by atoms with Gasteiger partial charge in [0, 0.05) is 37.9 Å². The van der Waals surface area contributed by atoms with Crippen LogP contribution in [0, 0.1) is 0 Å². The van der Waals surface area contributed by atoms with E-state index in [0.29, 0.717) is 24.5 Å². The molecule has 1 fully saturated rings. The van der Waals surface area contributed by atoms with Gasteiger partial charge in [-0.2, -0.15) is 0 Å². The number of rotatable bonds is 3. The van der Waals surface area contributed by atoms with Gasteiger partial charge in [0.05, 0.1) is 12.8 Å². The number of carbonyl (C=O) groups is 1. The van der Waals surface area contributed by atoms with E-state index in [4.69, 9.17) is 22.1 Å². The number of amides is 1. The summed E-state index contributed by atoms with van der Waals surface area (Å²) in [6.45, 7) is 2.96. The Labute approximate surface area is 117 Å². The lowest BCUT2D eigenvalue weighted by molar-refractivity contribution is -0.128. The average Bonchev–Trinajstić information content (AvgIpc) is 2.47. The minimum Gasteiger partial charge on any atom is -0.495 e. The van der Waals surface area contributed by atoms with Gasteiger partial charge in [-0.3, -0.25) is 4.79 Å². The normalized spacial score (nSPS) is 15.5. The van der Waals surface area contributed by atoms with Gasteiger partial charge in [-0.25, -0.2) is 0 Å². The number of hydrogen-bond donors (Lipinski definition) is 1. The van der Waals surface area contributed by atoms with Gasteiger partial charge in [0.15, 0.2) is 0 Å². The molecule has 1 aromatic carbocycles. The van der Waals surface area contributed by atoms with Crippen LogP contribution in [0.5, 0.6) is 5.75 Å². The summed E-state index contributed by atoms with van der Waals surface area (Å²) in [5.41, 5.74) is 7.48. The average molecular weight is 284 g/mol. The van der Waals surface area contributed by atoms with E-state index in [-0.39, 0.29) is 11.8 Å². The molecule has 0 unspecified atom stereocenters. The summed E-state index contributed by atoms with van der Waals surface area (Å²) < 4.78 is 5.22. The Bertz CT molecular complexity index is 459. The van der Waals surface area contributed by atoms with Crippen molar-refractivity contribution >= 4 is 28.9 Å². The predicted molar refractivity (Wildman–Crippen MR) is 76.9 cm³/mol. The number of benzene rings is 1. The fraction of sp³-hybridized carbons (Fsp3) is 0.462. The van der Waals surface area contributed by atoms with Crippen LogP contribution in [0.15, 0.2) is 18.2 Å². The molecule has 0 aliphatic carbocycles. The van der Waals surface area contributed by atoms with Gasteiger partial charge in [-0.05, 0) is 12.1 Å². The predicted octanol–water partition coefficient (Wildman–Crippen LogP) is 1.16. The number of ether oxygens (including phenoxy) is 1. The van der Waals surface area contributed by atoms with Crippen LogP contribution in [-0.2, 0) is 4.79 Å². The van der Waals surface area contributed by atoms with Crippen molar-refractivity contribution in [2.24, 2.45) is 0 Å². The third kappa shape index (κ3) is 3.04. The largest absolute Gasteiger partial charge is 0.495 e. The standard InChI is InChI=1S/C13H18ClN3O2/c1-19-12-8-10(2-3-11(12)15)16-4-6-17(7-5-16)13(18)9-14/h2-3,8H,4-7,9,15H2,1H3. The highest BCUT2D eigenvalue weighted by molar-refractivity contribution is 6.27. The minimum absolute atomic E-state index is 0.00352. The molecule has 5 nitrogen and oxygen atoms in total. The van der Waals surface area contributed by atoms with E-state index in [9.17, 15) is 4.79 Å².